The maximum absolute atomic E-state index is 4.57. The van der Waals surface area contributed by atoms with E-state index in [4.69, 9.17) is 0 Å². The Morgan fingerprint density at radius 2 is 2.12 bits per heavy atom. The predicted octanol–water partition coefficient (Wildman–Crippen LogP) is 3.56. The zero-order chi connectivity index (χ0) is 12.3. The Bertz CT molecular complexity index is 526. The minimum Gasteiger partial charge on any atom is -0.264 e. The third kappa shape index (κ3) is 2.88. The number of aryl methyl sites for hydroxylation is 2. The van der Waals surface area contributed by atoms with Gasteiger partial charge in [-0.15, -0.1) is 0 Å². The largest absolute Gasteiger partial charge is 0.264 e. The Hall–Kier alpha value is -1.29. The first-order chi connectivity index (χ1) is 8.20. The Morgan fingerprint density at radius 3 is 2.82 bits per heavy atom. The first-order valence-electron chi connectivity index (χ1n) is 5.65. The molecular weight excluding hydrogens is 278 g/mol. The van der Waals surface area contributed by atoms with Crippen LogP contribution in [0.25, 0.3) is 11.3 Å². The van der Waals surface area contributed by atoms with Crippen LogP contribution in [0.2, 0.25) is 0 Å². The van der Waals surface area contributed by atoms with Gasteiger partial charge in [-0.25, -0.2) is 9.97 Å². The van der Waals surface area contributed by atoms with Crippen LogP contribution in [0.1, 0.15) is 24.7 Å². The maximum Gasteiger partial charge on any atom is 0.130 e. The molecule has 2 rings (SSSR count). The van der Waals surface area contributed by atoms with E-state index in [2.05, 4.69) is 44.7 Å². The van der Waals surface area contributed by atoms with Gasteiger partial charge >= 0.3 is 0 Å². The number of hydrogen-bond acceptors (Lipinski definition) is 3. The van der Waals surface area contributed by atoms with Gasteiger partial charge in [-0.1, -0.05) is 6.92 Å². The Kier molecular flexibility index (Phi) is 3.84. The van der Waals surface area contributed by atoms with Crippen LogP contribution in [-0.2, 0) is 6.42 Å². The highest BCUT2D eigenvalue weighted by molar-refractivity contribution is 9.10. The number of pyridine rings is 1. The van der Waals surface area contributed by atoms with Gasteiger partial charge in [0, 0.05) is 24.4 Å². The van der Waals surface area contributed by atoms with Crippen LogP contribution in [0, 0.1) is 6.92 Å². The SMILES string of the molecule is CCCc1nc(Br)cc(-c2cnccc2C)n1. The van der Waals surface area contributed by atoms with Crippen molar-refractivity contribution in [2.24, 2.45) is 0 Å². The van der Waals surface area contributed by atoms with Crippen molar-refractivity contribution in [1.29, 1.82) is 0 Å². The number of hydrogen-bond donors (Lipinski definition) is 0. The van der Waals surface area contributed by atoms with Crippen molar-refractivity contribution in [3.05, 3.63) is 40.5 Å². The van der Waals surface area contributed by atoms with Crippen LogP contribution in [-0.4, -0.2) is 15.0 Å². The lowest BCUT2D eigenvalue weighted by Gasteiger charge is -2.06. The number of rotatable bonds is 3. The average Bonchev–Trinajstić information content (AvgIpc) is 2.29. The maximum atomic E-state index is 4.57. The standard InChI is InChI=1S/C13H14BrN3/c1-3-4-13-16-11(7-12(14)17-13)10-8-15-6-5-9(10)2/h5-8H,3-4H2,1-2H3. The summed E-state index contributed by atoms with van der Waals surface area (Å²) in [5.41, 5.74) is 3.17. The van der Waals surface area contributed by atoms with Crippen molar-refractivity contribution in [3.63, 3.8) is 0 Å². The molecule has 0 unspecified atom stereocenters. The molecule has 0 saturated heterocycles. The summed E-state index contributed by atoms with van der Waals surface area (Å²) >= 11 is 3.43. The van der Waals surface area contributed by atoms with Gasteiger partial charge in [0.25, 0.3) is 0 Å². The lowest BCUT2D eigenvalue weighted by Crippen LogP contribution is -1.98. The molecule has 0 bridgehead atoms. The summed E-state index contributed by atoms with van der Waals surface area (Å²) in [5.74, 6) is 0.875. The fourth-order valence-corrected chi connectivity index (χ4v) is 2.09. The molecule has 2 heterocycles. The smallest absolute Gasteiger partial charge is 0.130 e. The molecule has 2 aromatic rings. The second kappa shape index (κ2) is 5.36. The minimum absolute atomic E-state index is 0.828. The Labute approximate surface area is 109 Å². The molecule has 0 saturated carbocycles. The van der Waals surface area contributed by atoms with E-state index in [1.807, 2.05) is 18.3 Å². The predicted molar refractivity (Wildman–Crippen MR) is 71.7 cm³/mol. The number of aromatic nitrogens is 3. The van der Waals surface area contributed by atoms with Gasteiger partial charge in [0.2, 0.25) is 0 Å². The molecule has 2 aromatic heterocycles. The third-order valence-electron chi connectivity index (χ3n) is 2.53. The summed E-state index contributed by atoms with van der Waals surface area (Å²) in [6.07, 6.45) is 5.58. The van der Waals surface area contributed by atoms with E-state index in [0.717, 1.165) is 34.5 Å². The Balaban J connectivity index is 2.48. The average molecular weight is 292 g/mol. The first-order valence-corrected chi connectivity index (χ1v) is 6.44. The molecular formula is C13H14BrN3. The lowest BCUT2D eigenvalue weighted by molar-refractivity contribution is 0.830. The summed E-state index contributed by atoms with van der Waals surface area (Å²) in [5, 5.41) is 0. The minimum atomic E-state index is 0.828. The lowest BCUT2D eigenvalue weighted by atomic mass is 10.1. The molecule has 0 aliphatic carbocycles. The molecule has 88 valence electrons. The topological polar surface area (TPSA) is 38.7 Å². The zero-order valence-electron chi connectivity index (χ0n) is 9.94. The Morgan fingerprint density at radius 1 is 1.29 bits per heavy atom. The van der Waals surface area contributed by atoms with Crippen molar-refractivity contribution < 1.29 is 0 Å². The summed E-state index contributed by atoms with van der Waals surface area (Å²) in [7, 11) is 0. The molecule has 4 heteroatoms. The van der Waals surface area contributed by atoms with Crippen molar-refractivity contribution >= 4 is 15.9 Å². The fraction of sp³-hybridized carbons (Fsp3) is 0.308. The van der Waals surface area contributed by atoms with E-state index in [-0.39, 0.29) is 0 Å². The quantitative estimate of drug-likeness (QED) is 0.812. The monoisotopic (exact) mass is 291 g/mol. The molecule has 0 radical (unpaired) electrons. The molecule has 3 nitrogen and oxygen atoms in total. The molecule has 0 aliphatic rings. The van der Waals surface area contributed by atoms with Crippen molar-refractivity contribution in [3.8, 4) is 11.3 Å². The highest BCUT2D eigenvalue weighted by atomic mass is 79.9. The normalized spacial score (nSPS) is 10.5. The molecule has 0 aromatic carbocycles. The van der Waals surface area contributed by atoms with Gasteiger partial charge in [0.05, 0.1) is 5.69 Å². The van der Waals surface area contributed by atoms with Crippen LogP contribution in [0.5, 0.6) is 0 Å². The number of nitrogens with zero attached hydrogens (tertiary/aromatic N) is 3. The van der Waals surface area contributed by atoms with Gasteiger partial charge in [-0.2, -0.15) is 0 Å². The van der Waals surface area contributed by atoms with Crippen LogP contribution >= 0.6 is 15.9 Å². The molecule has 0 spiro atoms. The summed E-state index contributed by atoms with van der Waals surface area (Å²) < 4.78 is 0.828. The second-order valence-electron chi connectivity index (χ2n) is 3.93. The van der Waals surface area contributed by atoms with Crippen LogP contribution in [0.15, 0.2) is 29.1 Å². The van der Waals surface area contributed by atoms with Crippen LogP contribution in [0.3, 0.4) is 0 Å². The van der Waals surface area contributed by atoms with E-state index in [0.29, 0.717) is 0 Å². The molecule has 17 heavy (non-hydrogen) atoms. The van der Waals surface area contributed by atoms with Gasteiger partial charge in [-0.3, -0.25) is 4.98 Å². The van der Waals surface area contributed by atoms with Gasteiger partial charge in [-0.05, 0) is 47.0 Å². The summed E-state index contributed by atoms with van der Waals surface area (Å²) in [6, 6.07) is 3.92. The van der Waals surface area contributed by atoms with Gasteiger partial charge in [0.1, 0.15) is 10.4 Å². The third-order valence-corrected chi connectivity index (χ3v) is 2.94. The highest BCUT2D eigenvalue weighted by Gasteiger charge is 2.07. The van der Waals surface area contributed by atoms with Crippen molar-refractivity contribution in [2.75, 3.05) is 0 Å². The van der Waals surface area contributed by atoms with E-state index < -0.39 is 0 Å². The molecule has 0 N–H and O–H groups in total. The van der Waals surface area contributed by atoms with Crippen LogP contribution in [0.4, 0.5) is 0 Å². The van der Waals surface area contributed by atoms with Crippen molar-refractivity contribution in [1.82, 2.24) is 15.0 Å². The highest BCUT2D eigenvalue weighted by Crippen LogP contribution is 2.22. The van der Waals surface area contributed by atoms with Crippen molar-refractivity contribution in [2.45, 2.75) is 26.7 Å². The molecule has 0 amide bonds. The van der Waals surface area contributed by atoms with E-state index in [1.54, 1.807) is 6.20 Å². The van der Waals surface area contributed by atoms with Gasteiger partial charge < -0.3 is 0 Å². The van der Waals surface area contributed by atoms with E-state index >= 15 is 0 Å². The number of halogens is 1. The molecule has 0 fully saturated rings. The van der Waals surface area contributed by atoms with E-state index in [9.17, 15) is 0 Å². The zero-order valence-corrected chi connectivity index (χ0v) is 11.5. The van der Waals surface area contributed by atoms with Crippen LogP contribution < -0.4 is 0 Å². The first kappa shape index (κ1) is 12.2. The second-order valence-corrected chi connectivity index (χ2v) is 4.75. The molecule has 0 atom stereocenters. The summed E-state index contributed by atoms with van der Waals surface area (Å²) in [4.78, 5) is 13.1. The fourth-order valence-electron chi connectivity index (χ4n) is 1.67. The van der Waals surface area contributed by atoms with Gasteiger partial charge in [0.15, 0.2) is 0 Å². The molecule has 0 aliphatic heterocycles. The summed E-state index contributed by atoms with van der Waals surface area (Å²) in [6.45, 7) is 4.19. The van der Waals surface area contributed by atoms with E-state index in [1.165, 1.54) is 5.56 Å².